The van der Waals surface area contributed by atoms with Crippen molar-refractivity contribution in [2.45, 2.75) is 6.43 Å². The molecule has 1 aromatic carbocycles. The monoisotopic (exact) mass is 269 g/mol. The minimum atomic E-state index is -2.47. The highest BCUT2D eigenvalue weighted by Crippen LogP contribution is 2.18. The zero-order valence-electron chi connectivity index (χ0n) is 9.14. The summed E-state index contributed by atoms with van der Waals surface area (Å²) in [5.74, 6) is 0.243. The zero-order chi connectivity index (χ0) is 13.0. The van der Waals surface area contributed by atoms with Gasteiger partial charge in [0.15, 0.2) is 5.17 Å². The fourth-order valence-electron chi connectivity index (χ4n) is 1.25. The Morgan fingerprint density at radius 2 is 2.06 bits per heavy atom. The van der Waals surface area contributed by atoms with Crippen molar-refractivity contribution in [3.8, 4) is 0 Å². The molecule has 1 aliphatic heterocycles. The molecular formula is C11H9F2N3OS. The lowest BCUT2D eigenvalue weighted by Gasteiger charge is -1.98. The van der Waals surface area contributed by atoms with Gasteiger partial charge in [-0.05, 0) is 5.56 Å². The van der Waals surface area contributed by atoms with Gasteiger partial charge in [-0.2, -0.15) is 5.10 Å². The van der Waals surface area contributed by atoms with Gasteiger partial charge in [-0.3, -0.25) is 4.79 Å². The number of alkyl halides is 2. The highest BCUT2D eigenvalue weighted by Gasteiger charge is 2.15. The quantitative estimate of drug-likeness (QED) is 0.675. The third-order valence-corrected chi connectivity index (χ3v) is 2.99. The number of hydrogen-bond donors (Lipinski definition) is 1. The molecule has 1 fully saturated rings. The van der Waals surface area contributed by atoms with Crippen LogP contribution in [-0.4, -0.2) is 23.0 Å². The minimum Gasteiger partial charge on any atom is -0.303 e. The van der Waals surface area contributed by atoms with E-state index in [4.69, 9.17) is 0 Å². The molecule has 18 heavy (non-hydrogen) atoms. The van der Waals surface area contributed by atoms with Gasteiger partial charge in [0.2, 0.25) is 5.91 Å². The van der Waals surface area contributed by atoms with Crippen LogP contribution in [0.15, 0.2) is 34.5 Å². The maximum Gasteiger partial charge on any atom is 0.263 e. The predicted molar refractivity (Wildman–Crippen MR) is 67.0 cm³/mol. The van der Waals surface area contributed by atoms with E-state index in [1.54, 1.807) is 0 Å². The van der Waals surface area contributed by atoms with Crippen molar-refractivity contribution in [1.29, 1.82) is 0 Å². The largest absolute Gasteiger partial charge is 0.303 e. The average Bonchev–Trinajstić information content (AvgIpc) is 2.76. The van der Waals surface area contributed by atoms with Crippen LogP contribution < -0.4 is 5.32 Å². The van der Waals surface area contributed by atoms with Gasteiger partial charge in [0.1, 0.15) is 0 Å². The Balaban J connectivity index is 1.99. The number of thioether (sulfide) groups is 1. The van der Waals surface area contributed by atoms with Crippen LogP contribution >= 0.6 is 11.8 Å². The number of hydrogen-bond acceptors (Lipinski definition) is 4. The van der Waals surface area contributed by atoms with E-state index in [1.165, 1.54) is 42.2 Å². The molecule has 0 saturated carbocycles. The van der Waals surface area contributed by atoms with Crippen molar-refractivity contribution < 1.29 is 13.6 Å². The summed E-state index contributed by atoms with van der Waals surface area (Å²) in [5, 5.41) is 10.5. The van der Waals surface area contributed by atoms with Gasteiger partial charge in [-0.15, -0.1) is 5.10 Å². The number of amidine groups is 1. The van der Waals surface area contributed by atoms with Crippen molar-refractivity contribution >= 4 is 29.1 Å². The van der Waals surface area contributed by atoms with Crippen molar-refractivity contribution in [2.75, 3.05) is 5.75 Å². The molecule has 1 heterocycles. The summed E-state index contributed by atoms with van der Waals surface area (Å²) in [6, 6.07) is 5.74. The van der Waals surface area contributed by atoms with Gasteiger partial charge in [0, 0.05) is 5.56 Å². The van der Waals surface area contributed by atoms with Crippen LogP contribution in [0.1, 0.15) is 17.6 Å². The molecule has 1 saturated heterocycles. The van der Waals surface area contributed by atoms with Gasteiger partial charge in [0.25, 0.3) is 6.43 Å². The molecule has 0 radical (unpaired) electrons. The molecule has 94 valence electrons. The second-order valence-corrected chi connectivity index (χ2v) is 4.42. The highest BCUT2D eigenvalue weighted by atomic mass is 32.2. The number of carbonyl (C=O) groups excluding carboxylic acids is 1. The Hall–Kier alpha value is -1.76. The predicted octanol–water partition coefficient (Wildman–Crippen LogP) is 2.18. The van der Waals surface area contributed by atoms with E-state index < -0.39 is 6.43 Å². The topological polar surface area (TPSA) is 53.8 Å². The van der Waals surface area contributed by atoms with E-state index >= 15 is 0 Å². The van der Waals surface area contributed by atoms with E-state index in [2.05, 4.69) is 15.5 Å². The number of amides is 1. The molecule has 0 unspecified atom stereocenters. The summed E-state index contributed by atoms with van der Waals surface area (Å²) in [7, 11) is 0. The fourth-order valence-corrected chi connectivity index (χ4v) is 1.89. The van der Waals surface area contributed by atoms with Crippen molar-refractivity contribution in [2.24, 2.45) is 10.2 Å². The molecule has 0 aromatic heterocycles. The lowest BCUT2D eigenvalue weighted by Crippen LogP contribution is -2.19. The fraction of sp³-hybridized carbons (Fsp3) is 0.182. The Morgan fingerprint density at radius 1 is 1.33 bits per heavy atom. The normalized spacial score (nSPS) is 17.9. The Bertz CT molecular complexity index is 500. The molecule has 0 spiro atoms. The lowest BCUT2D eigenvalue weighted by atomic mass is 10.1. The number of carbonyl (C=O) groups is 1. The average molecular weight is 269 g/mol. The van der Waals surface area contributed by atoms with Crippen LogP contribution in [0.5, 0.6) is 0 Å². The van der Waals surface area contributed by atoms with Gasteiger partial charge >= 0.3 is 0 Å². The van der Waals surface area contributed by atoms with E-state index in [-0.39, 0.29) is 11.5 Å². The SMILES string of the molecule is O=C1CSC(=NN=Cc2ccc(C(F)F)cc2)N1. The Kier molecular flexibility index (Phi) is 4.03. The standard InChI is InChI=1S/C11H9F2N3OS/c12-10(13)8-3-1-7(2-4-8)5-14-16-11-15-9(17)6-18-11/h1-5,10H,6H2,(H,15,16,17). The smallest absolute Gasteiger partial charge is 0.263 e. The Morgan fingerprint density at radius 3 is 2.61 bits per heavy atom. The zero-order valence-corrected chi connectivity index (χ0v) is 9.95. The first-order chi connectivity index (χ1) is 8.65. The molecule has 7 heteroatoms. The third kappa shape index (κ3) is 3.36. The van der Waals surface area contributed by atoms with Crippen LogP contribution in [0.2, 0.25) is 0 Å². The minimum absolute atomic E-state index is 0.0305. The summed E-state index contributed by atoms with van der Waals surface area (Å²) in [4.78, 5) is 10.9. The first-order valence-electron chi connectivity index (χ1n) is 5.07. The molecule has 1 N–H and O–H groups in total. The van der Waals surface area contributed by atoms with Crippen molar-refractivity contribution in [1.82, 2.24) is 5.32 Å². The third-order valence-electron chi connectivity index (χ3n) is 2.13. The first-order valence-corrected chi connectivity index (χ1v) is 6.05. The molecular weight excluding hydrogens is 260 g/mol. The maximum absolute atomic E-state index is 12.3. The van der Waals surface area contributed by atoms with Gasteiger partial charge < -0.3 is 5.32 Å². The van der Waals surface area contributed by atoms with Crippen LogP contribution in [0, 0.1) is 0 Å². The van der Waals surface area contributed by atoms with Crippen molar-refractivity contribution in [3.05, 3.63) is 35.4 Å². The van der Waals surface area contributed by atoms with Gasteiger partial charge in [0.05, 0.1) is 12.0 Å². The molecule has 0 aliphatic carbocycles. The summed E-state index contributed by atoms with van der Waals surface area (Å²) in [6.45, 7) is 0. The van der Waals surface area contributed by atoms with Crippen LogP contribution in [0.4, 0.5) is 8.78 Å². The van der Waals surface area contributed by atoms with Crippen LogP contribution in [-0.2, 0) is 4.79 Å². The van der Waals surface area contributed by atoms with Crippen LogP contribution in [0.25, 0.3) is 0 Å². The second kappa shape index (κ2) is 5.72. The van der Waals surface area contributed by atoms with Crippen molar-refractivity contribution in [3.63, 3.8) is 0 Å². The summed E-state index contributed by atoms with van der Waals surface area (Å²) < 4.78 is 24.6. The number of benzene rings is 1. The van der Waals surface area contributed by atoms with Gasteiger partial charge in [-0.25, -0.2) is 8.78 Å². The first kappa shape index (κ1) is 12.7. The van der Waals surface area contributed by atoms with E-state index in [1.807, 2.05) is 0 Å². The maximum atomic E-state index is 12.3. The van der Waals surface area contributed by atoms with Crippen LogP contribution in [0.3, 0.4) is 0 Å². The lowest BCUT2D eigenvalue weighted by molar-refractivity contribution is -0.116. The Labute approximate surface area is 106 Å². The number of nitrogens with one attached hydrogen (secondary N) is 1. The van der Waals surface area contributed by atoms with E-state index in [0.717, 1.165) is 0 Å². The molecule has 1 aliphatic rings. The van der Waals surface area contributed by atoms with E-state index in [9.17, 15) is 13.6 Å². The van der Waals surface area contributed by atoms with E-state index in [0.29, 0.717) is 16.5 Å². The number of rotatable bonds is 3. The molecule has 0 bridgehead atoms. The number of halogens is 2. The summed E-state index contributed by atoms with van der Waals surface area (Å²) in [5.41, 5.74) is 0.634. The highest BCUT2D eigenvalue weighted by molar-refractivity contribution is 8.15. The number of nitrogens with zero attached hydrogens (tertiary/aromatic N) is 2. The summed E-state index contributed by atoms with van der Waals surface area (Å²) >= 11 is 1.27. The summed E-state index contributed by atoms with van der Waals surface area (Å²) in [6.07, 6.45) is -1.03. The molecule has 0 atom stereocenters. The molecule has 4 nitrogen and oxygen atoms in total. The van der Waals surface area contributed by atoms with Gasteiger partial charge in [-0.1, -0.05) is 36.0 Å². The molecule has 1 aromatic rings. The molecule has 1 amide bonds. The molecule has 2 rings (SSSR count). The second-order valence-electron chi connectivity index (χ2n) is 3.45.